The molecule has 21 aromatic rings. The van der Waals surface area contributed by atoms with Crippen molar-refractivity contribution in [3.05, 3.63) is 312 Å². The zero-order valence-corrected chi connectivity index (χ0v) is 83.9. The Hall–Kier alpha value is -16.2. The van der Waals surface area contributed by atoms with Crippen LogP contribution < -0.4 is 60.5 Å². The van der Waals surface area contributed by atoms with Crippen LogP contribution >= 0.6 is 72.0 Å². The number of nitrogens with zero attached hydrogens (tertiary/aromatic N) is 16. The number of phenolic OH excluding ortho intramolecular Hbond substituents is 2. The van der Waals surface area contributed by atoms with Gasteiger partial charge >= 0.3 is 0 Å². The van der Waals surface area contributed by atoms with E-state index < -0.39 is 0 Å². The summed E-state index contributed by atoms with van der Waals surface area (Å²) in [6.07, 6.45) is 21.7. The van der Waals surface area contributed by atoms with E-state index in [9.17, 15) is 5.11 Å². The van der Waals surface area contributed by atoms with Gasteiger partial charge in [-0.05, 0) is 235 Å². The Balaban J connectivity index is 0.000000195. The molecule has 7 aromatic carbocycles. The maximum Gasteiger partial charge on any atom is 0.231 e. The molecule has 14 heterocycles. The number of aryl methyl sites for hydroxylation is 7. The first-order valence-corrected chi connectivity index (χ1v) is 43.1. The fraction of sp³-hybridized carbons (Fsp3) is 0.168. The van der Waals surface area contributed by atoms with Crippen LogP contribution in [0.25, 0.3) is 77.7 Å². The van der Waals surface area contributed by atoms with Crippen LogP contribution in [0.1, 0.15) is 46.4 Å². The van der Waals surface area contributed by atoms with E-state index in [1.54, 1.807) is 116 Å². The van der Waals surface area contributed by atoms with E-state index in [1.807, 2.05) is 220 Å². The Kier molecular flexibility index (Phi) is 42.5. The van der Waals surface area contributed by atoms with Gasteiger partial charge < -0.3 is 102 Å². The summed E-state index contributed by atoms with van der Waals surface area (Å²) in [6, 6.07) is 52.0. The van der Waals surface area contributed by atoms with Gasteiger partial charge in [0, 0.05) is 90.3 Å². The Bertz CT molecular complexity index is 7070. The number of hydrogen-bond acceptors (Lipinski definition) is 35. The third-order valence-corrected chi connectivity index (χ3v) is 21.2. The first kappa shape index (κ1) is 111. The maximum atomic E-state index is 9.33. The summed E-state index contributed by atoms with van der Waals surface area (Å²) in [4.78, 5) is 60.8. The maximum absolute atomic E-state index is 9.33. The van der Waals surface area contributed by atoms with Gasteiger partial charge in [-0.1, -0.05) is 42.2 Å². The molecule has 35 nitrogen and oxygen atoms in total. The third-order valence-electron chi connectivity index (χ3n) is 20.4. The van der Waals surface area contributed by atoms with Crippen molar-refractivity contribution in [1.29, 1.82) is 0 Å². The van der Waals surface area contributed by atoms with Crippen LogP contribution in [0.2, 0.25) is 15.5 Å². The Morgan fingerprint density at radius 3 is 0.768 bits per heavy atom. The van der Waals surface area contributed by atoms with Crippen molar-refractivity contribution in [3.63, 3.8) is 0 Å². The number of anilines is 11. The zero-order valence-electron chi connectivity index (χ0n) is 79.1. The largest absolute Gasteiger partial charge is 0.508 e. The van der Waals surface area contributed by atoms with Crippen molar-refractivity contribution in [3.8, 4) is 40.2 Å². The molecule has 0 aliphatic heterocycles. The smallest absolute Gasteiger partial charge is 0.231 e. The second-order valence-corrected chi connectivity index (χ2v) is 30.7. The van der Waals surface area contributed by atoms with Crippen LogP contribution in [0.3, 0.4) is 0 Å². The van der Waals surface area contributed by atoms with Crippen molar-refractivity contribution in [2.45, 2.75) is 55.9 Å². The van der Waals surface area contributed by atoms with E-state index >= 15 is 0 Å². The molecular weight excluding hydrogens is 1940 g/mol. The van der Waals surface area contributed by atoms with E-state index in [0.717, 1.165) is 168 Å². The summed E-state index contributed by atoms with van der Waals surface area (Å²) in [6.45, 7) is 13.6. The molecule has 740 valence electrons. The number of nitrogen functional groups attached to an aromatic ring is 1. The highest BCUT2D eigenvalue weighted by atomic mass is 35.5. The van der Waals surface area contributed by atoms with Gasteiger partial charge in [-0.3, -0.25) is 0 Å². The molecule has 41 heteroatoms. The van der Waals surface area contributed by atoms with Crippen molar-refractivity contribution >= 4 is 213 Å². The minimum Gasteiger partial charge on any atom is -0.508 e. The lowest BCUT2D eigenvalue weighted by Gasteiger charge is -2.19. The average molecular weight is 2050 g/mol. The molecule has 0 fully saturated rings. The van der Waals surface area contributed by atoms with Gasteiger partial charge in [0.1, 0.15) is 123 Å². The molecule has 21 rings (SSSR count). The van der Waals surface area contributed by atoms with E-state index in [0.29, 0.717) is 61.2 Å². The first-order chi connectivity index (χ1) is 66.8. The Morgan fingerprint density at radius 1 is 0.282 bits per heavy atom. The number of aromatic hydroxyl groups is 2. The molecular formula is C101H105Cl6N21O14. The fourth-order valence-corrected chi connectivity index (χ4v) is 13.8. The lowest BCUT2D eigenvalue weighted by atomic mass is 10.2. The second kappa shape index (κ2) is 54.2. The van der Waals surface area contributed by atoms with Crippen molar-refractivity contribution in [1.82, 2.24) is 69.8 Å². The summed E-state index contributed by atoms with van der Waals surface area (Å²) in [5.41, 5.74) is 23.0. The highest BCUT2D eigenvalue weighted by Gasteiger charge is 2.20. The Labute approximate surface area is 850 Å². The minimum atomic E-state index is 0. The number of furan rings is 7. The number of halogens is 6. The van der Waals surface area contributed by atoms with Crippen LogP contribution in [0.15, 0.2) is 289 Å². The molecule has 0 radical (unpaired) electrons. The summed E-state index contributed by atoms with van der Waals surface area (Å²) in [7, 11) is 15.8. The van der Waals surface area contributed by atoms with E-state index in [2.05, 4.69) is 91.0 Å². The van der Waals surface area contributed by atoms with Crippen LogP contribution in [0, 0.1) is 48.5 Å². The van der Waals surface area contributed by atoms with E-state index in [1.165, 1.54) is 44.3 Å². The highest BCUT2D eigenvalue weighted by molar-refractivity contribution is 6.35. The average Bonchev–Trinajstić information content (AvgIpc) is 1.63. The molecule has 8 N–H and O–H groups in total. The fourth-order valence-electron chi connectivity index (χ4n) is 13.0. The number of aromatic nitrogens is 14. The van der Waals surface area contributed by atoms with Gasteiger partial charge in [-0.25, -0.2) is 69.8 Å². The van der Waals surface area contributed by atoms with E-state index in [-0.39, 0.29) is 50.4 Å². The van der Waals surface area contributed by atoms with Crippen molar-refractivity contribution in [2.75, 3.05) is 101 Å². The minimum absolute atomic E-state index is 0. The highest BCUT2D eigenvalue weighted by Crippen LogP contribution is 2.37. The molecule has 0 amide bonds. The summed E-state index contributed by atoms with van der Waals surface area (Å²) < 4.78 is 62.1. The van der Waals surface area contributed by atoms with Crippen molar-refractivity contribution in [2.24, 2.45) is 0 Å². The molecule has 0 aliphatic carbocycles. The number of nitrogens with two attached hydrogens (primary N) is 1. The monoisotopic (exact) mass is 2050 g/mol. The molecule has 14 aromatic heterocycles. The predicted octanol–water partition coefficient (Wildman–Crippen LogP) is 25.8. The zero-order chi connectivity index (χ0) is 98.3. The van der Waals surface area contributed by atoms with Gasteiger partial charge in [0.05, 0.1) is 117 Å². The molecule has 0 aliphatic rings. The molecule has 0 spiro atoms. The number of methoxy groups -OCH3 is 5. The second-order valence-electron chi connectivity index (χ2n) is 29.6. The van der Waals surface area contributed by atoms with Gasteiger partial charge in [-0.15, -0.1) is 37.2 Å². The normalized spacial score (nSPS) is 10.1. The molecule has 0 atom stereocenters. The number of nitrogens with one attached hydrogen (secondary N) is 4. The predicted molar refractivity (Wildman–Crippen MR) is 567 cm³/mol. The number of rotatable bonds is 15. The van der Waals surface area contributed by atoms with E-state index in [4.69, 9.17) is 100 Å². The quantitative estimate of drug-likeness (QED) is 0.0285. The van der Waals surface area contributed by atoms with Crippen molar-refractivity contribution < 1.29 is 64.8 Å². The Morgan fingerprint density at radius 2 is 0.493 bits per heavy atom. The van der Waals surface area contributed by atoms with Crippen LogP contribution in [-0.4, -0.2) is 144 Å². The summed E-state index contributed by atoms with van der Waals surface area (Å²) in [5, 5.41) is 38.0. The van der Waals surface area contributed by atoms with Crippen LogP contribution in [0.4, 0.5) is 63.1 Å². The number of phenols is 2. The molecule has 0 saturated heterocycles. The molecule has 0 unspecified atom stereocenters. The van der Waals surface area contributed by atoms with Gasteiger partial charge in [0.2, 0.25) is 40.0 Å². The third kappa shape index (κ3) is 29.2. The summed E-state index contributed by atoms with van der Waals surface area (Å²) >= 11 is 17.4. The molecule has 142 heavy (non-hydrogen) atoms. The number of fused-ring (bicyclic) bond motifs is 7. The van der Waals surface area contributed by atoms with Crippen LogP contribution in [-0.2, 0) is 0 Å². The lowest BCUT2D eigenvalue weighted by Crippen LogP contribution is -2.11. The number of benzene rings is 7. The topological polar surface area (TPSA) is 440 Å². The SMILES string of the molecule is C.CNc1ccc(O)cc1.CNc1ccc(OC)cc1.COc1ccc(N(C)c2ncnc3occ(C)c23)cc1.COc1ccc(N)cc1.COc1ccc(Nc2ncnc3occ(C)c23)cc1.COc1ccc(Nc2ncnc3occ(C)c23)cc1.Cc1coc2ncnc(Cl)c12.Cc1coc2ncnc(Cl)c12.Cc1coc2ncnc(Cl)c12.Cc1coc2ncnc(N(C)c3ccc(O)cc3)c12.Cl.Cl.Cl. The first-order valence-electron chi connectivity index (χ1n) is 42.0. The molecule has 0 saturated carbocycles. The van der Waals surface area contributed by atoms with Gasteiger partial charge in [-0.2, -0.15) is 0 Å². The number of hydrogen-bond donors (Lipinski definition) is 7. The standard InChI is InChI=1S/C15H15N3O2.3C14H13N3O2.C8H11NO.3C7H5ClN2O.2C7H9NO.CH4.3ClH/c1-10-8-20-15-13(10)14(16-9-17-15)18(2)11-4-6-12(19-3)7-5-11;2*1-9-7-19-14-12(9)13(15-8-16-14)17-10-3-5-11(18-2)6-4-10;1-9-7-19-14-12(9)13(15-8-16-14)17(2)10-3-5-11(18)6-4-10;1-9-7-3-5-8(10-2)6-4-7;3*1-4-2-11-7-5(4)6(8)9-3-10-7;1-9-7-4-2-6(8)3-5-7;1-8-6-2-4-7(9)5-3-6;;;;/h4-9H,1-3H3;2*3-8H,1-2H3,(H,15,16,17);3-8,18H,1-2H3;3-6,9H,1-2H3;3*2-3H,1H3;2-5H,8H2,1H3;2-5,8-9H,1H3;1H4;3*1H. The lowest BCUT2D eigenvalue weighted by molar-refractivity contribution is 0.414. The van der Waals surface area contributed by atoms with Gasteiger partial charge in [0.15, 0.2) is 0 Å². The van der Waals surface area contributed by atoms with Gasteiger partial charge in [0.25, 0.3) is 0 Å². The molecule has 0 bridgehead atoms. The van der Waals surface area contributed by atoms with Crippen LogP contribution in [0.5, 0.6) is 40.2 Å². The number of ether oxygens (including phenoxy) is 5. The summed E-state index contributed by atoms with van der Waals surface area (Å²) in [5.74, 6) is 7.81.